The van der Waals surface area contributed by atoms with E-state index in [1.54, 1.807) is 0 Å². The minimum Gasteiger partial charge on any atom is -0.469 e. The first kappa shape index (κ1) is 28.8. The molecule has 1 aromatic carbocycles. The van der Waals surface area contributed by atoms with Gasteiger partial charge in [0.2, 0.25) is 0 Å². The van der Waals surface area contributed by atoms with Crippen LogP contribution in [0.2, 0.25) is 0 Å². The van der Waals surface area contributed by atoms with Gasteiger partial charge in [0, 0.05) is 23.3 Å². The topological polar surface area (TPSA) is 109 Å². The maximum Gasteiger partial charge on any atom is 0.319 e. The van der Waals surface area contributed by atoms with E-state index < -0.39 is 5.41 Å². The predicted octanol–water partition coefficient (Wildman–Crippen LogP) is 6.05. The fraction of sp³-hybridized carbons (Fsp3) is 0.690. The Bertz CT molecular complexity index is 1050. The van der Waals surface area contributed by atoms with Gasteiger partial charge in [-0.3, -0.25) is 4.79 Å². The van der Waals surface area contributed by atoms with E-state index in [-0.39, 0.29) is 47.4 Å². The molecule has 4 amide bonds. The van der Waals surface area contributed by atoms with Crippen molar-refractivity contribution in [1.82, 2.24) is 10.6 Å². The highest BCUT2D eigenvalue weighted by Crippen LogP contribution is 2.59. The Morgan fingerprint density at radius 2 is 1.54 bits per heavy atom. The first-order valence-electron chi connectivity index (χ1n) is 13.7. The summed E-state index contributed by atoms with van der Waals surface area (Å²) >= 11 is 0. The molecule has 8 nitrogen and oxygen atoms in total. The zero-order chi connectivity index (χ0) is 27.7. The number of hydrogen-bond acceptors (Lipinski definition) is 4. The van der Waals surface area contributed by atoms with Crippen LogP contribution in [0.5, 0.6) is 0 Å². The molecule has 2 aliphatic carbocycles. The summed E-state index contributed by atoms with van der Waals surface area (Å²) in [4.78, 5) is 38.8. The smallest absolute Gasteiger partial charge is 0.319 e. The fourth-order valence-electron chi connectivity index (χ4n) is 6.79. The van der Waals surface area contributed by atoms with Crippen LogP contribution in [0.4, 0.5) is 21.0 Å². The molecule has 0 radical (unpaired) electrons. The number of methoxy groups -OCH3 is 1. The van der Waals surface area contributed by atoms with Crippen molar-refractivity contribution >= 4 is 29.4 Å². The van der Waals surface area contributed by atoms with Crippen LogP contribution in [0.1, 0.15) is 104 Å². The maximum absolute atomic E-state index is 13.0. The van der Waals surface area contributed by atoms with Crippen molar-refractivity contribution in [2.75, 3.05) is 17.7 Å². The van der Waals surface area contributed by atoms with Crippen LogP contribution in [-0.2, 0) is 21.4 Å². The predicted molar refractivity (Wildman–Crippen MR) is 148 cm³/mol. The summed E-state index contributed by atoms with van der Waals surface area (Å²) in [6, 6.07) is 1.52. The molecule has 0 aromatic heterocycles. The van der Waals surface area contributed by atoms with Gasteiger partial charge in [0.05, 0.1) is 18.2 Å². The number of esters is 1. The number of amides is 4. The molecule has 4 N–H and O–H groups in total. The SMILES string of the molecule is COC(=O)[C@]1(C)CCC[C@]2(C)c3cc(NC(=O)NC(C)C)c(C(C)C)c(NC(=O)NC(C)C)c3CCC12. The second-order valence-electron chi connectivity index (χ2n) is 12.2. The van der Waals surface area contributed by atoms with Crippen molar-refractivity contribution in [2.45, 2.75) is 111 Å². The molecule has 37 heavy (non-hydrogen) atoms. The van der Waals surface area contributed by atoms with E-state index in [9.17, 15) is 14.4 Å². The number of benzene rings is 1. The van der Waals surface area contributed by atoms with Crippen LogP contribution in [-0.4, -0.2) is 37.2 Å². The molecule has 0 aliphatic heterocycles. The molecule has 1 unspecified atom stereocenters. The summed E-state index contributed by atoms with van der Waals surface area (Å²) in [6.07, 6.45) is 4.18. The van der Waals surface area contributed by atoms with Crippen LogP contribution in [0.3, 0.4) is 0 Å². The number of anilines is 2. The largest absolute Gasteiger partial charge is 0.469 e. The van der Waals surface area contributed by atoms with E-state index in [2.05, 4.69) is 48.1 Å². The number of carbonyl (C=O) groups is 3. The Balaban J connectivity index is 2.23. The first-order chi connectivity index (χ1) is 17.2. The van der Waals surface area contributed by atoms with Crippen LogP contribution in [0.25, 0.3) is 0 Å². The number of carbonyl (C=O) groups excluding carboxylic acids is 3. The van der Waals surface area contributed by atoms with E-state index in [1.807, 2.05) is 34.6 Å². The van der Waals surface area contributed by atoms with Gasteiger partial charge < -0.3 is 26.0 Å². The molecule has 0 bridgehead atoms. The third-order valence-corrected chi connectivity index (χ3v) is 8.26. The lowest BCUT2D eigenvalue weighted by Gasteiger charge is -2.54. The third-order valence-electron chi connectivity index (χ3n) is 8.26. The van der Waals surface area contributed by atoms with Gasteiger partial charge in [0.15, 0.2) is 0 Å². The second kappa shape index (κ2) is 10.9. The van der Waals surface area contributed by atoms with Gasteiger partial charge in [-0.2, -0.15) is 0 Å². The van der Waals surface area contributed by atoms with Crippen LogP contribution in [0, 0.1) is 11.3 Å². The number of hydrogen-bond donors (Lipinski definition) is 4. The highest BCUT2D eigenvalue weighted by molar-refractivity contribution is 5.97. The lowest BCUT2D eigenvalue weighted by molar-refractivity contribution is -0.161. The van der Waals surface area contributed by atoms with Crippen LogP contribution < -0.4 is 21.3 Å². The lowest BCUT2D eigenvalue weighted by Crippen LogP contribution is -2.53. The maximum atomic E-state index is 13.0. The first-order valence-corrected chi connectivity index (χ1v) is 13.7. The zero-order valence-electron chi connectivity index (χ0n) is 24.1. The molecular formula is C29H46N4O4. The molecule has 206 valence electrons. The fourth-order valence-corrected chi connectivity index (χ4v) is 6.79. The van der Waals surface area contributed by atoms with Crippen molar-refractivity contribution in [3.05, 3.63) is 22.8 Å². The van der Waals surface area contributed by atoms with Gasteiger partial charge in [-0.05, 0) is 94.7 Å². The van der Waals surface area contributed by atoms with Crippen molar-refractivity contribution in [2.24, 2.45) is 11.3 Å². The molecular weight excluding hydrogens is 468 g/mol. The summed E-state index contributed by atoms with van der Waals surface area (Å²) in [5.74, 6) is -0.0190. The van der Waals surface area contributed by atoms with Crippen molar-refractivity contribution in [1.29, 1.82) is 0 Å². The molecule has 0 heterocycles. The normalized spacial score (nSPS) is 24.8. The standard InChI is InChI=1S/C29H46N4O4/c1-16(2)23-21(32-26(35)30-17(3)4)15-20-19(24(23)33-27(36)31-18(5)6)11-12-22-28(20,7)13-10-14-29(22,8)25(34)37-9/h15-18,22H,10-14H2,1-9H3,(H2,30,32,35)(H2,31,33,36)/t22?,28-,29-/m1/s1. The summed E-state index contributed by atoms with van der Waals surface area (Å²) in [7, 11) is 1.47. The molecule has 0 spiro atoms. The lowest BCUT2D eigenvalue weighted by atomic mass is 9.49. The van der Waals surface area contributed by atoms with Crippen molar-refractivity contribution in [3.63, 3.8) is 0 Å². The van der Waals surface area contributed by atoms with E-state index in [4.69, 9.17) is 4.74 Å². The molecule has 1 saturated carbocycles. The Kier molecular flexibility index (Phi) is 8.50. The highest BCUT2D eigenvalue weighted by atomic mass is 16.5. The van der Waals surface area contributed by atoms with Crippen molar-refractivity contribution < 1.29 is 19.1 Å². The monoisotopic (exact) mass is 514 g/mol. The Morgan fingerprint density at radius 3 is 2.08 bits per heavy atom. The number of nitrogens with one attached hydrogen (secondary N) is 4. The number of fused-ring (bicyclic) bond motifs is 3. The summed E-state index contributed by atoms with van der Waals surface area (Å²) in [5.41, 5.74) is 3.69. The Labute approximate surface area is 222 Å². The average molecular weight is 515 g/mol. The Morgan fingerprint density at radius 1 is 0.946 bits per heavy atom. The van der Waals surface area contributed by atoms with Crippen molar-refractivity contribution in [3.8, 4) is 0 Å². The molecule has 1 fully saturated rings. The average Bonchev–Trinajstić information content (AvgIpc) is 2.77. The van der Waals surface area contributed by atoms with Gasteiger partial charge in [-0.25, -0.2) is 9.59 Å². The summed E-state index contributed by atoms with van der Waals surface area (Å²) in [5, 5.41) is 12.1. The molecule has 8 heteroatoms. The van der Waals surface area contributed by atoms with E-state index in [0.29, 0.717) is 5.69 Å². The van der Waals surface area contributed by atoms with Gasteiger partial charge in [0.25, 0.3) is 0 Å². The minimum atomic E-state index is -0.582. The molecule has 3 rings (SSSR count). The minimum absolute atomic E-state index is 0.0162. The van der Waals surface area contributed by atoms with Gasteiger partial charge in [-0.1, -0.05) is 27.2 Å². The molecule has 2 aliphatic rings. The number of ether oxygens (including phenoxy) is 1. The zero-order valence-corrected chi connectivity index (χ0v) is 24.1. The Hall–Kier alpha value is -2.77. The van der Waals surface area contributed by atoms with Gasteiger partial charge in [-0.15, -0.1) is 0 Å². The van der Waals surface area contributed by atoms with E-state index in [0.717, 1.165) is 54.5 Å². The molecule has 3 atom stereocenters. The quantitative estimate of drug-likeness (QED) is 0.346. The summed E-state index contributed by atoms with van der Waals surface area (Å²) < 4.78 is 5.28. The molecule has 1 aromatic rings. The van der Waals surface area contributed by atoms with E-state index >= 15 is 0 Å². The van der Waals surface area contributed by atoms with E-state index in [1.165, 1.54) is 7.11 Å². The number of rotatable bonds is 6. The second-order valence-corrected chi connectivity index (χ2v) is 12.2. The summed E-state index contributed by atoms with van der Waals surface area (Å²) in [6.45, 7) is 16.1. The number of urea groups is 2. The van der Waals surface area contributed by atoms with Gasteiger partial charge in [0.1, 0.15) is 0 Å². The van der Waals surface area contributed by atoms with Crippen LogP contribution in [0.15, 0.2) is 6.07 Å². The third kappa shape index (κ3) is 5.58. The van der Waals surface area contributed by atoms with Gasteiger partial charge >= 0.3 is 18.0 Å². The van der Waals surface area contributed by atoms with Crippen LogP contribution >= 0.6 is 0 Å². The highest BCUT2D eigenvalue weighted by Gasteiger charge is 2.56. The molecule has 0 saturated heterocycles.